The van der Waals surface area contributed by atoms with E-state index in [4.69, 9.17) is 0 Å². The maximum absolute atomic E-state index is 12.9. The van der Waals surface area contributed by atoms with Gasteiger partial charge in [0.25, 0.3) is 0 Å². The van der Waals surface area contributed by atoms with E-state index in [1.165, 1.54) is 5.57 Å². The monoisotopic (exact) mass is 288 g/mol. The van der Waals surface area contributed by atoms with Crippen molar-refractivity contribution in [3.05, 3.63) is 82.5 Å². The van der Waals surface area contributed by atoms with Crippen molar-refractivity contribution in [3.8, 4) is 0 Å². The minimum Gasteiger partial charge on any atom is -0.294 e. The summed E-state index contributed by atoms with van der Waals surface area (Å²) < 4.78 is 0. The summed E-state index contributed by atoms with van der Waals surface area (Å²) in [7, 11) is 0. The number of carbonyl (C=O) groups is 2. The van der Waals surface area contributed by atoms with Crippen molar-refractivity contribution in [2.24, 2.45) is 5.92 Å². The van der Waals surface area contributed by atoms with E-state index < -0.39 is 0 Å². The molecule has 0 N–H and O–H groups in total. The maximum Gasteiger partial charge on any atom is 0.193 e. The van der Waals surface area contributed by atoms with Crippen molar-refractivity contribution in [1.29, 1.82) is 0 Å². The van der Waals surface area contributed by atoms with E-state index in [0.717, 1.165) is 24.0 Å². The Bertz CT molecular complexity index is 803. The molecule has 1 aromatic carbocycles. The summed E-state index contributed by atoms with van der Waals surface area (Å²) in [6.45, 7) is 0. The van der Waals surface area contributed by atoms with E-state index >= 15 is 0 Å². The molecular formula is C20H16O2. The van der Waals surface area contributed by atoms with E-state index in [9.17, 15) is 9.59 Å². The third kappa shape index (κ3) is 2.03. The van der Waals surface area contributed by atoms with Crippen molar-refractivity contribution in [3.63, 3.8) is 0 Å². The summed E-state index contributed by atoms with van der Waals surface area (Å²) in [6, 6.07) is 7.16. The van der Waals surface area contributed by atoms with E-state index in [1.807, 2.05) is 12.1 Å². The van der Waals surface area contributed by atoms with Gasteiger partial charge in [0, 0.05) is 29.0 Å². The highest BCUT2D eigenvalue weighted by Crippen LogP contribution is 2.37. The molecule has 0 fully saturated rings. The topological polar surface area (TPSA) is 34.1 Å². The molecule has 0 spiro atoms. The van der Waals surface area contributed by atoms with Crippen LogP contribution in [-0.2, 0) is 0 Å². The number of Topliss-reactive ketones (excluding diaryl/α,β-unsaturated/α-hetero) is 2. The van der Waals surface area contributed by atoms with Crippen LogP contribution in [0.2, 0.25) is 0 Å². The third-order valence-electron chi connectivity index (χ3n) is 4.62. The lowest BCUT2D eigenvalue weighted by molar-refractivity contribution is 0.0987. The lowest BCUT2D eigenvalue weighted by atomic mass is 9.82. The summed E-state index contributed by atoms with van der Waals surface area (Å²) in [6.07, 6.45) is 12.8. The summed E-state index contributed by atoms with van der Waals surface area (Å²) in [5.74, 6) is 0.295. The predicted octanol–water partition coefficient (Wildman–Crippen LogP) is 4.21. The van der Waals surface area contributed by atoms with Gasteiger partial charge >= 0.3 is 0 Å². The van der Waals surface area contributed by atoms with Gasteiger partial charge in [-0.25, -0.2) is 0 Å². The standard InChI is InChI=1S/C20H16O2/c21-19-12-15-10-13-6-2-1-3-7-14(13)11-18(15)20(22)17-9-5-4-8-16(17)19/h1-2,4-6,8-11,14H,3,7,12H2. The number of allylic oxidation sites excluding steroid dienone is 8. The highest BCUT2D eigenvalue weighted by atomic mass is 16.1. The van der Waals surface area contributed by atoms with Gasteiger partial charge in [0.15, 0.2) is 11.6 Å². The van der Waals surface area contributed by atoms with Crippen molar-refractivity contribution >= 4 is 11.6 Å². The first-order valence-corrected chi connectivity index (χ1v) is 7.70. The Balaban J connectivity index is 1.87. The first kappa shape index (κ1) is 13.2. The van der Waals surface area contributed by atoms with Crippen LogP contribution >= 0.6 is 0 Å². The molecule has 3 aliphatic rings. The summed E-state index contributed by atoms with van der Waals surface area (Å²) >= 11 is 0. The van der Waals surface area contributed by atoms with Gasteiger partial charge in [-0.2, -0.15) is 0 Å². The second kappa shape index (κ2) is 5.06. The molecule has 3 aliphatic carbocycles. The van der Waals surface area contributed by atoms with Crippen molar-refractivity contribution < 1.29 is 9.59 Å². The summed E-state index contributed by atoms with van der Waals surface area (Å²) in [5.41, 5.74) is 3.89. The van der Waals surface area contributed by atoms with Crippen LogP contribution in [0.3, 0.4) is 0 Å². The third-order valence-corrected chi connectivity index (χ3v) is 4.62. The molecular weight excluding hydrogens is 272 g/mol. The fourth-order valence-electron chi connectivity index (χ4n) is 3.47. The predicted molar refractivity (Wildman–Crippen MR) is 85.8 cm³/mol. The molecule has 1 unspecified atom stereocenters. The zero-order valence-corrected chi connectivity index (χ0v) is 12.2. The molecule has 0 saturated heterocycles. The van der Waals surface area contributed by atoms with Gasteiger partial charge in [0.2, 0.25) is 0 Å². The molecule has 0 amide bonds. The minimum atomic E-state index is -0.0102. The number of ketones is 2. The van der Waals surface area contributed by atoms with E-state index in [0.29, 0.717) is 17.5 Å². The largest absolute Gasteiger partial charge is 0.294 e. The molecule has 108 valence electrons. The summed E-state index contributed by atoms with van der Waals surface area (Å²) in [4.78, 5) is 25.4. The van der Waals surface area contributed by atoms with Crippen molar-refractivity contribution in [2.45, 2.75) is 19.3 Å². The first-order valence-electron chi connectivity index (χ1n) is 7.70. The molecule has 4 rings (SSSR count). The highest BCUT2D eigenvalue weighted by molar-refractivity contribution is 6.21. The van der Waals surface area contributed by atoms with Crippen LogP contribution < -0.4 is 0 Å². The molecule has 2 heteroatoms. The average molecular weight is 288 g/mol. The normalized spacial score (nSPS) is 23.3. The fraction of sp³-hybridized carbons (Fsp3) is 0.200. The van der Waals surface area contributed by atoms with Crippen LogP contribution in [-0.4, -0.2) is 11.6 Å². The number of fused-ring (bicyclic) bond motifs is 3. The van der Waals surface area contributed by atoms with Gasteiger partial charge in [-0.15, -0.1) is 0 Å². The van der Waals surface area contributed by atoms with E-state index in [2.05, 4.69) is 30.4 Å². The Labute approximate surface area is 129 Å². The molecule has 2 nitrogen and oxygen atoms in total. The molecule has 0 aliphatic heterocycles. The van der Waals surface area contributed by atoms with Gasteiger partial charge in [-0.05, 0) is 24.0 Å². The van der Waals surface area contributed by atoms with Crippen LogP contribution in [0.25, 0.3) is 0 Å². The number of carbonyl (C=O) groups excluding carboxylic acids is 2. The zero-order valence-electron chi connectivity index (χ0n) is 12.2. The van der Waals surface area contributed by atoms with E-state index in [-0.39, 0.29) is 17.5 Å². The average Bonchev–Trinajstić information content (AvgIpc) is 2.82. The van der Waals surface area contributed by atoms with Crippen LogP contribution in [0, 0.1) is 5.92 Å². The molecule has 0 saturated carbocycles. The molecule has 0 heterocycles. The number of rotatable bonds is 0. The Hall–Kier alpha value is -2.48. The number of benzene rings is 1. The molecule has 1 atom stereocenters. The van der Waals surface area contributed by atoms with Crippen molar-refractivity contribution in [2.75, 3.05) is 0 Å². The number of hydrogen-bond donors (Lipinski definition) is 0. The smallest absolute Gasteiger partial charge is 0.193 e. The first-order chi connectivity index (χ1) is 10.7. The van der Waals surface area contributed by atoms with Gasteiger partial charge in [0.05, 0.1) is 0 Å². The molecule has 22 heavy (non-hydrogen) atoms. The zero-order chi connectivity index (χ0) is 15.1. The minimum absolute atomic E-state index is 0.0102. The number of hydrogen-bond acceptors (Lipinski definition) is 2. The van der Waals surface area contributed by atoms with Gasteiger partial charge in [-0.1, -0.05) is 54.6 Å². The lowest BCUT2D eigenvalue weighted by Crippen LogP contribution is -2.13. The fourth-order valence-corrected chi connectivity index (χ4v) is 3.47. The maximum atomic E-state index is 12.9. The van der Waals surface area contributed by atoms with Crippen LogP contribution in [0.1, 0.15) is 40.0 Å². The van der Waals surface area contributed by atoms with E-state index in [1.54, 1.807) is 12.1 Å². The molecule has 1 aromatic rings. The second-order valence-corrected chi connectivity index (χ2v) is 6.00. The molecule has 0 aromatic heterocycles. The SMILES string of the molecule is O=C1CC2=CC3=CC=CCCC3C=C2C(=O)c2ccccc21. The highest BCUT2D eigenvalue weighted by Gasteiger charge is 2.31. The molecule has 0 bridgehead atoms. The van der Waals surface area contributed by atoms with Crippen molar-refractivity contribution in [1.82, 2.24) is 0 Å². The Kier molecular flexibility index (Phi) is 3.04. The van der Waals surface area contributed by atoms with Crippen LogP contribution in [0.5, 0.6) is 0 Å². The van der Waals surface area contributed by atoms with Gasteiger partial charge in [-0.3, -0.25) is 9.59 Å². The van der Waals surface area contributed by atoms with Gasteiger partial charge in [0.1, 0.15) is 0 Å². The Morgan fingerprint density at radius 1 is 1.05 bits per heavy atom. The molecule has 0 radical (unpaired) electrons. The second-order valence-electron chi connectivity index (χ2n) is 6.00. The van der Waals surface area contributed by atoms with Crippen LogP contribution in [0.15, 0.2) is 71.4 Å². The quantitative estimate of drug-likeness (QED) is 0.716. The lowest BCUT2D eigenvalue weighted by Gasteiger charge is -2.21. The summed E-state index contributed by atoms with van der Waals surface area (Å²) in [5, 5.41) is 0. The Morgan fingerprint density at radius 3 is 2.73 bits per heavy atom. The van der Waals surface area contributed by atoms with Crippen LogP contribution in [0.4, 0.5) is 0 Å². The Morgan fingerprint density at radius 2 is 1.86 bits per heavy atom. The van der Waals surface area contributed by atoms with Gasteiger partial charge < -0.3 is 0 Å².